The number of pyridine rings is 1. The van der Waals surface area contributed by atoms with E-state index in [1.54, 1.807) is 16.8 Å². The van der Waals surface area contributed by atoms with Crippen LogP contribution in [0.1, 0.15) is 18.5 Å². The first-order chi connectivity index (χ1) is 11.5. The standard InChI is InChI=1S/C18H20FN5/c1-12(13-4-6-16(19)7-5-13)22-18-9-14(8-17(20-2)23-18)15-10-21-24(3)11-15/h4-12H,1-3H3,(H2,20,22,23). The van der Waals surface area contributed by atoms with Crippen LogP contribution < -0.4 is 10.6 Å². The maximum Gasteiger partial charge on any atom is 0.129 e. The number of anilines is 2. The van der Waals surface area contributed by atoms with Gasteiger partial charge in [-0.1, -0.05) is 12.1 Å². The zero-order valence-electron chi connectivity index (χ0n) is 13.9. The summed E-state index contributed by atoms with van der Waals surface area (Å²) in [5.74, 6) is 1.28. The van der Waals surface area contributed by atoms with Gasteiger partial charge in [-0.3, -0.25) is 4.68 Å². The molecule has 1 atom stereocenters. The normalized spacial score (nSPS) is 12.0. The van der Waals surface area contributed by atoms with Crippen LogP contribution in [0.4, 0.5) is 16.0 Å². The lowest BCUT2D eigenvalue weighted by Gasteiger charge is -2.16. The van der Waals surface area contributed by atoms with Gasteiger partial charge in [0.15, 0.2) is 0 Å². The molecule has 0 aliphatic carbocycles. The molecule has 2 heterocycles. The van der Waals surface area contributed by atoms with Gasteiger partial charge in [0.25, 0.3) is 0 Å². The highest BCUT2D eigenvalue weighted by Gasteiger charge is 2.10. The Balaban J connectivity index is 1.88. The third-order valence-corrected chi connectivity index (χ3v) is 3.85. The largest absolute Gasteiger partial charge is 0.373 e. The van der Waals surface area contributed by atoms with E-state index in [4.69, 9.17) is 0 Å². The summed E-state index contributed by atoms with van der Waals surface area (Å²) in [5, 5.41) is 10.7. The summed E-state index contributed by atoms with van der Waals surface area (Å²) < 4.78 is 14.8. The minimum absolute atomic E-state index is 0.00644. The summed E-state index contributed by atoms with van der Waals surface area (Å²) in [6.07, 6.45) is 3.78. The van der Waals surface area contributed by atoms with Crippen molar-refractivity contribution in [1.82, 2.24) is 14.8 Å². The molecule has 2 aromatic heterocycles. The summed E-state index contributed by atoms with van der Waals surface area (Å²) in [6, 6.07) is 10.4. The first-order valence-corrected chi connectivity index (χ1v) is 7.76. The molecule has 6 heteroatoms. The summed E-state index contributed by atoms with van der Waals surface area (Å²) in [7, 11) is 3.72. The van der Waals surface area contributed by atoms with Crippen LogP contribution in [0.3, 0.4) is 0 Å². The van der Waals surface area contributed by atoms with Crippen molar-refractivity contribution < 1.29 is 4.39 Å². The first-order valence-electron chi connectivity index (χ1n) is 7.76. The maximum atomic E-state index is 13.1. The quantitative estimate of drug-likeness (QED) is 0.748. The fourth-order valence-electron chi connectivity index (χ4n) is 2.53. The van der Waals surface area contributed by atoms with Crippen LogP contribution in [0, 0.1) is 5.82 Å². The van der Waals surface area contributed by atoms with E-state index in [9.17, 15) is 4.39 Å². The lowest BCUT2D eigenvalue weighted by Crippen LogP contribution is -2.09. The second-order valence-corrected chi connectivity index (χ2v) is 5.70. The van der Waals surface area contributed by atoms with Gasteiger partial charge < -0.3 is 10.6 Å². The highest BCUT2D eigenvalue weighted by Crippen LogP contribution is 2.26. The highest BCUT2D eigenvalue weighted by molar-refractivity contribution is 5.69. The van der Waals surface area contributed by atoms with Crippen LogP contribution in [-0.4, -0.2) is 21.8 Å². The molecule has 24 heavy (non-hydrogen) atoms. The fraction of sp³-hybridized carbons (Fsp3) is 0.222. The number of rotatable bonds is 5. The predicted molar refractivity (Wildman–Crippen MR) is 94.4 cm³/mol. The number of halogens is 1. The topological polar surface area (TPSA) is 54.8 Å². The van der Waals surface area contributed by atoms with Crippen molar-refractivity contribution in [1.29, 1.82) is 0 Å². The van der Waals surface area contributed by atoms with Gasteiger partial charge in [0, 0.05) is 31.9 Å². The van der Waals surface area contributed by atoms with E-state index in [-0.39, 0.29) is 11.9 Å². The Labute approximate surface area is 140 Å². The number of nitrogens with zero attached hydrogens (tertiary/aromatic N) is 3. The number of aromatic nitrogens is 3. The van der Waals surface area contributed by atoms with E-state index >= 15 is 0 Å². The Morgan fingerprint density at radius 1 is 1.08 bits per heavy atom. The molecule has 0 radical (unpaired) electrons. The molecule has 0 aliphatic heterocycles. The van der Waals surface area contributed by atoms with Crippen LogP contribution in [0.5, 0.6) is 0 Å². The van der Waals surface area contributed by atoms with Crippen LogP contribution in [-0.2, 0) is 7.05 Å². The molecule has 124 valence electrons. The van der Waals surface area contributed by atoms with Gasteiger partial charge in [-0.15, -0.1) is 0 Å². The van der Waals surface area contributed by atoms with Crippen molar-refractivity contribution in [3.63, 3.8) is 0 Å². The van der Waals surface area contributed by atoms with Crippen LogP contribution in [0.25, 0.3) is 11.1 Å². The minimum Gasteiger partial charge on any atom is -0.373 e. The second kappa shape index (κ2) is 6.70. The Morgan fingerprint density at radius 2 is 1.79 bits per heavy atom. The third-order valence-electron chi connectivity index (χ3n) is 3.85. The SMILES string of the molecule is CNc1cc(-c2cnn(C)c2)cc(NC(C)c2ccc(F)cc2)n1. The molecule has 0 amide bonds. The molecule has 0 bridgehead atoms. The zero-order chi connectivity index (χ0) is 17.1. The average Bonchev–Trinajstić information content (AvgIpc) is 3.01. The zero-order valence-corrected chi connectivity index (χ0v) is 13.9. The smallest absolute Gasteiger partial charge is 0.129 e. The van der Waals surface area contributed by atoms with Crippen molar-refractivity contribution in [3.8, 4) is 11.1 Å². The number of nitrogens with one attached hydrogen (secondary N) is 2. The summed E-state index contributed by atoms with van der Waals surface area (Å²) in [6.45, 7) is 2.02. The minimum atomic E-state index is -0.236. The van der Waals surface area contributed by atoms with Gasteiger partial charge in [0.05, 0.1) is 6.20 Å². The Kier molecular flexibility index (Phi) is 4.46. The van der Waals surface area contributed by atoms with Crippen molar-refractivity contribution in [2.75, 3.05) is 17.7 Å². The molecule has 3 rings (SSSR count). The highest BCUT2D eigenvalue weighted by atomic mass is 19.1. The van der Waals surface area contributed by atoms with Gasteiger partial charge in [-0.2, -0.15) is 5.10 Å². The third kappa shape index (κ3) is 3.53. The van der Waals surface area contributed by atoms with E-state index in [0.29, 0.717) is 0 Å². The van der Waals surface area contributed by atoms with Gasteiger partial charge >= 0.3 is 0 Å². The average molecular weight is 325 g/mol. The fourth-order valence-corrected chi connectivity index (χ4v) is 2.53. The van der Waals surface area contributed by atoms with E-state index in [1.807, 2.05) is 45.5 Å². The lowest BCUT2D eigenvalue weighted by molar-refractivity contribution is 0.626. The van der Waals surface area contributed by atoms with E-state index in [1.165, 1.54) is 12.1 Å². The van der Waals surface area contributed by atoms with Crippen LogP contribution >= 0.6 is 0 Å². The Morgan fingerprint density at radius 3 is 2.42 bits per heavy atom. The molecule has 0 saturated carbocycles. The van der Waals surface area contributed by atoms with Crippen molar-refractivity contribution in [3.05, 3.63) is 60.2 Å². The number of hydrogen-bond acceptors (Lipinski definition) is 4. The van der Waals surface area contributed by atoms with Gasteiger partial charge in [-0.25, -0.2) is 9.37 Å². The van der Waals surface area contributed by atoms with Crippen molar-refractivity contribution >= 4 is 11.6 Å². The molecule has 0 aliphatic rings. The molecule has 0 saturated heterocycles. The van der Waals surface area contributed by atoms with Gasteiger partial charge in [0.1, 0.15) is 17.5 Å². The molecule has 5 nitrogen and oxygen atoms in total. The summed E-state index contributed by atoms with van der Waals surface area (Å²) in [5.41, 5.74) is 3.04. The number of benzene rings is 1. The molecule has 1 aromatic carbocycles. The number of hydrogen-bond donors (Lipinski definition) is 2. The molecule has 0 fully saturated rings. The Bertz CT molecular complexity index is 826. The second-order valence-electron chi connectivity index (χ2n) is 5.70. The van der Waals surface area contributed by atoms with Crippen LogP contribution in [0.15, 0.2) is 48.8 Å². The van der Waals surface area contributed by atoms with Crippen molar-refractivity contribution in [2.45, 2.75) is 13.0 Å². The molecular weight excluding hydrogens is 305 g/mol. The molecule has 0 spiro atoms. The van der Waals surface area contributed by atoms with Crippen molar-refractivity contribution in [2.24, 2.45) is 7.05 Å². The molecular formula is C18H20FN5. The molecule has 2 N–H and O–H groups in total. The summed E-state index contributed by atoms with van der Waals surface area (Å²) in [4.78, 5) is 4.54. The van der Waals surface area contributed by atoms with Gasteiger partial charge in [-0.05, 0) is 42.3 Å². The summed E-state index contributed by atoms with van der Waals surface area (Å²) >= 11 is 0. The molecule has 3 aromatic rings. The molecule has 1 unspecified atom stereocenters. The van der Waals surface area contributed by atoms with E-state index in [2.05, 4.69) is 20.7 Å². The van der Waals surface area contributed by atoms with Gasteiger partial charge in [0.2, 0.25) is 0 Å². The van der Waals surface area contributed by atoms with E-state index < -0.39 is 0 Å². The van der Waals surface area contributed by atoms with E-state index in [0.717, 1.165) is 28.3 Å². The Hall–Kier alpha value is -2.89. The predicted octanol–water partition coefficient (Wildman–Crippen LogP) is 3.84. The first kappa shape index (κ1) is 16.0. The number of aryl methyl sites for hydroxylation is 1. The van der Waals surface area contributed by atoms with Crippen LogP contribution in [0.2, 0.25) is 0 Å². The maximum absolute atomic E-state index is 13.1. The lowest BCUT2D eigenvalue weighted by atomic mass is 10.1. The monoisotopic (exact) mass is 325 g/mol.